The van der Waals surface area contributed by atoms with Crippen LogP contribution in [0.2, 0.25) is 0 Å². The molecular formula is C17H17FN4O3. The quantitative estimate of drug-likeness (QED) is 0.828. The largest absolute Gasteiger partial charge is 0.497 e. The fraction of sp³-hybridized carbons (Fsp3) is 0.294. The minimum atomic E-state index is -0.566. The monoisotopic (exact) mass is 344 g/mol. The molecule has 0 aliphatic carbocycles. The van der Waals surface area contributed by atoms with Crippen LogP contribution in [-0.2, 0) is 16.0 Å². The minimum Gasteiger partial charge on any atom is -0.497 e. The summed E-state index contributed by atoms with van der Waals surface area (Å²) in [5.74, 6) is -0.174. The Labute approximate surface area is 144 Å². The molecule has 0 spiro atoms. The Morgan fingerprint density at radius 2 is 2.04 bits per heavy atom. The van der Waals surface area contributed by atoms with E-state index in [1.54, 1.807) is 19.2 Å². The third-order valence-corrected chi connectivity index (χ3v) is 3.91. The van der Waals surface area contributed by atoms with Crippen molar-refractivity contribution in [2.24, 2.45) is 0 Å². The maximum atomic E-state index is 12.9. The maximum absolute atomic E-state index is 12.9. The predicted octanol–water partition coefficient (Wildman–Crippen LogP) is 1.04. The highest BCUT2D eigenvalue weighted by Crippen LogP contribution is 2.16. The van der Waals surface area contributed by atoms with Gasteiger partial charge < -0.3 is 9.64 Å². The van der Waals surface area contributed by atoms with Crippen LogP contribution >= 0.6 is 0 Å². The lowest BCUT2D eigenvalue weighted by molar-refractivity contribution is -0.136. The van der Waals surface area contributed by atoms with Crippen molar-refractivity contribution < 1.29 is 18.7 Å². The molecule has 8 heteroatoms. The fourth-order valence-corrected chi connectivity index (χ4v) is 2.61. The van der Waals surface area contributed by atoms with Crippen molar-refractivity contribution in [3.8, 4) is 5.75 Å². The van der Waals surface area contributed by atoms with Crippen LogP contribution in [0.15, 0.2) is 36.7 Å². The number of nitrogens with zero attached hydrogens (tertiary/aromatic N) is 4. The number of hydrogen-bond acceptors (Lipinski definition) is 5. The number of methoxy groups -OCH3 is 1. The van der Waals surface area contributed by atoms with Gasteiger partial charge >= 0.3 is 0 Å². The van der Waals surface area contributed by atoms with Gasteiger partial charge in [-0.1, -0.05) is 12.1 Å². The smallest absolute Gasteiger partial charge is 0.249 e. The van der Waals surface area contributed by atoms with Gasteiger partial charge in [-0.05, 0) is 17.7 Å². The van der Waals surface area contributed by atoms with Gasteiger partial charge in [-0.25, -0.2) is 14.4 Å². The second-order valence-corrected chi connectivity index (χ2v) is 5.59. The highest BCUT2D eigenvalue weighted by Gasteiger charge is 2.29. The first-order valence-electron chi connectivity index (χ1n) is 7.75. The number of anilines is 1. The van der Waals surface area contributed by atoms with E-state index in [2.05, 4.69) is 9.97 Å². The molecule has 2 aromatic rings. The van der Waals surface area contributed by atoms with Crippen molar-refractivity contribution >= 4 is 17.8 Å². The summed E-state index contributed by atoms with van der Waals surface area (Å²) in [5.41, 5.74) is 0.820. The van der Waals surface area contributed by atoms with Crippen LogP contribution < -0.4 is 9.64 Å². The van der Waals surface area contributed by atoms with Crippen LogP contribution in [0.4, 0.5) is 10.3 Å². The van der Waals surface area contributed by atoms with Gasteiger partial charge in [0.15, 0.2) is 5.82 Å². The van der Waals surface area contributed by atoms with Gasteiger partial charge in [-0.3, -0.25) is 14.5 Å². The number of aromatic nitrogens is 2. The summed E-state index contributed by atoms with van der Waals surface area (Å²) in [6, 6.07) is 7.25. The van der Waals surface area contributed by atoms with Crippen LogP contribution in [0.3, 0.4) is 0 Å². The van der Waals surface area contributed by atoms with E-state index < -0.39 is 5.82 Å². The Morgan fingerprint density at radius 1 is 1.28 bits per heavy atom. The van der Waals surface area contributed by atoms with E-state index in [4.69, 9.17) is 4.74 Å². The summed E-state index contributed by atoms with van der Waals surface area (Å²) in [5, 5.41) is 0. The molecule has 0 atom stereocenters. The topological polar surface area (TPSA) is 75.6 Å². The zero-order valence-electron chi connectivity index (χ0n) is 13.7. The maximum Gasteiger partial charge on any atom is 0.249 e. The lowest BCUT2D eigenvalue weighted by Crippen LogP contribution is -2.53. The standard InChI is InChI=1S/C17H17FN4O3/c1-25-14-4-2-3-12(7-14)8-15(23)21-5-6-22(16(24)11-21)17-19-9-13(18)10-20-17/h2-4,7,9-10H,5-6,8,11H2,1H3. The molecule has 1 aromatic heterocycles. The normalized spacial score (nSPS) is 14.6. The Kier molecular flexibility index (Phi) is 4.87. The first-order valence-corrected chi connectivity index (χ1v) is 7.75. The molecule has 1 aliphatic rings. The van der Waals surface area contributed by atoms with Crippen LogP contribution in [0.5, 0.6) is 5.75 Å². The number of carbonyl (C=O) groups is 2. The van der Waals surface area contributed by atoms with E-state index in [0.717, 1.165) is 18.0 Å². The third-order valence-electron chi connectivity index (χ3n) is 3.91. The minimum absolute atomic E-state index is 0.0520. The molecule has 0 N–H and O–H groups in total. The molecule has 0 saturated carbocycles. The van der Waals surface area contributed by atoms with Gasteiger partial charge in [0, 0.05) is 13.1 Å². The number of rotatable bonds is 4. The average Bonchev–Trinajstić information content (AvgIpc) is 2.62. The van der Waals surface area contributed by atoms with Crippen molar-refractivity contribution in [1.82, 2.24) is 14.9 Å². The van der Waals surface area contributed by atoms with Crippen molar-refractivity contribution in [2.75, 3.05) is 31.6 Å². The zero-order valence-corrected chi connectivity index (χ0v) is 13.7. The molecule has 0 radical (unpaired) electrons. The highest BCUT2D eigenvalue weighted by atomic mass is 19.1. The van der Waals surface area contributed by atoms with Gasteiger partial charge in [0.1, 0.15) is 12.3 Å². The Morgan fingerprint density at radius 3 is 2.72 bits per heavy atom. The van der Waals surface area contributed by atoms with Crippen molar-refractivity contribution in [3.05, 3.63) is 48.0 Å². The Bertz CT molecular complexity index is 782. The summed E-state index contributed by atoms with van der Waals surface area (Å²) >= 11 is 0. The summed E-state index contributed by atoms with van der Waals surface area (Å²) in [6.45, 7) is 0.590. The predicted molar refractivity (Wildman–Crippen MR) is 87.6 cm³/mol. The lowest BCUT2D eigenvalue weighted by Gasteiger charge is -2.33. The van der Waals surface area contributed by atoms with Crippen LogP contribution in [-0.4, -0.2) is 53.4 Å². The van der Waals surface area contributed by atoms with E-state index in [0.29, 0.717) is 12.3 Å². The van der Waals surface area contributed by atoms with Gasteiger partial charge in [0.2, 0.25) is 17.8 Å². The van der Waals surface area contributed by atoms with E-state index in [1.807, 2.05) is 12.1 Å². The van der Waals surface area contributed by atoms with E-state index in [1.165, 1.54) is 9.80 Å². The average molecular weight is 344 g/mol. The Hall–Kier alpha value is -3.03. The number of halogens is 1. The second-order valence-electron chi connectivity index (χ2n) is 5.59. The van der Waals surface area contributed by atoms with Gasteiger partial charge in [0.25, 0.3) is 0 Å². The fourth-order valence-electron chi connectivity index (χ4n) is 2.61. The van der Waals surface area contributed by atoms with Crippen molar-refractivity contribution in [3.63, 3.8) is 0 Å². The molecule has 25 heavy (non-hydrogen) atoms. The molecule has 1 fully saturated rings. The van der Waals surface area contributed by atoms with E-state index >= 15 is 0 Å². The number of amides is 2. The number of ether oxygens (including phenoxy) is 1. The van der Waals surface area contributed by atoms with E-state index in [9.17, 15) is 14.0 Å². The SMILES string of the molecule is COc1cccc(CC(=O)N2CCN(c3ncc(F)cn3)C(=O)C2)c1. The summed E-state index contributed by atoms with van der Waals surface area (Å²) < 4.78 is 18.0. The molecule has 2 amide bonds. The van der Waals surface area contributed by atoms with Gasteiger partial charge in [-0.15, -0.1) is 0 Å². The molecular weight excluding hydrogens is 327 g/mol. The zero-order chi connectivity index (χ0) is 17.8. The summed E-state index contributed by atoms with van der Waals surface area (Å²) in [7, 11) is 1.57. The van der Waals surface area contributed by atoms with E-state index in [-0.39, 0.29) is 37.3 Å². The second kappa shape index (κ2) is 7.25. The number of carbonyl (C=O) groups excluding carboxylic acids is 2. The third kappa shape index (κ3) is 3.90. The van der Waals surface area contributed by atoms with Crippen LogP contribution in [0.25, 0.3) is 0 Å². The highest BCUT2D eigenvalue weighted by molar-refractivity contribution is 5.96. The molecule has 0 unspecified atom stereocenters. The van der Waals surface area contributed by atoms with Gasteiger partial charge in [-0.2, -0.15) is 0 Å². The Balaban J connectivity index is 1.63. The summed E-state index contributed by atoms with van der Waals surface area (Å²) in [6.07, 6.45) is 2.21. The number of hydrogen-bond donors (Lipinski definition) is 0. The lowest BCUT2D eigenvalue weighted by atomic mass is 10.1. The molecule has 3 rings (SSSR count). The van der Waals surface area contributed by atoms with Gasteiger partial charge in [0.05, 0.1) is 25.9 Å². The first kappa shape index (κ1) is 16.8. The number of piperazine rings is 1. The molecule has 1 saturated heterocycles. The first-order chi connectivity index (χ1) is 12.1. The molecule has 2 heterocycles. The number of benzene rings is 1. The van der Waals surface area contributed by atoms with Crippen molar-refractivity contribution in [1.29, 1.82) is 0 Å². The molecule has 1 aromatic carbocycles. The molecule has 7 nitrogen and oxygen atoms in total. The van der Waals surface area contributed by atoms with Crippen LogP contribution in [0.1, 0.15) is 5.56 Å². The van der Waals surface area contributed by atoms with Crippen LogP contribution in [0, 0.1) is 5.82 Å². The molecule has 0 bridgehead atoms. The van der Waals surface area contributed by atoms with Crippen molar-refractivity contribution in [2.45, 2.75) is 6.42 Å². The summed E-state index contributed by atoms with van der Waals surface area (Å²) in [4.78, 5) is 35.2. The molecule has 1 aliphatic heterocycles. The molecule has 130 valence electrons.